The lowest BCUT2D eigenvalue weighted by Crippen LogP contribution is -2.11. The summed E-state index contributed by atoms with van der Waals surface area (Å²) in [6.07, 6.45) is 0. The second kappa shape index (κ2) is 7.61. The molecule has 6 heteroatoms. The van der Waals surface area contributed by atoms with Gasteiger partial charge in [-0.25, -0.2) is 9.59 Å². The van der Waals surface area contributed by atoms with Gasteiger partial charge in [0.25, 0.3) is 0 Å². The Bertz CT molecular complexity index is 616. The second-order valence-electron chi connectivity index (χ2n) is 4.29. The fourth-order valence-corrected chi connectivity index (χ4v) is 2.79. The number of carbonyl (C=O) groups is 2. The van der Waals surface area contributed by atoms with Gasteiger partial charge in [-0.15, -0.1) is 11.3 Å². The third kappa shape index (κ3) is 3.85. The molecule has 0 aliphatic carbocycles. The number of carbonyl (C=O) groups excluding carboxylic acids is 2. The molecule has 5 nitrogen and oxygen atoms in total. The highest BCUT2D eigenvalue weighted by molar-refractivity contribution is 7.18. The number of benzene rings is 1. The quantitative estimate of drug-likeness (QED) is 0.819. The van der Waals surface area contributed by atoms with Gasteiger partial charge in [0, 0.05) is 5.69 Å². The molecule has 0 aliphatic rings. The SMILES string of the molecule is CCOC(=O)c1cc(Nc2ccccc2)sc1C(=O)OCC. The van der Waals surface area contributed by atoms with Gasteiger partial charge in [-0.3, -0.25) is 0 Å². The van der Waals surface area contributed by atoms with Gasteiger partial charge < -0.3 is 14.8 Å². The van der Waals surface area contributed by atoms with Crippen LogP contribution in [0.2, 0.25) is 0 Å². The minimum atomic E-state index is -0.525. The molecule has 0 fully saturated rings. The molecule has 116 valence electrons. The predicted octanol–water partition coefficient (Wildman–Crippen LogP) is 3.85. The van der Waals surface area contributed by atoms with Crippen molar-refractivity contribution in [3.63, 3.8) is 0 Å². The summed E-state index contributed by atoms with van der Waals surface area (Å²) in [4.78, 5) is 24.2. The molecule has 0 saturated carbocycles. The molecule has 0 spiro atoms. The van der Waals surface area contributed by atoms with Crippen molar-refractivity contribution in [3.8, 4) is 0 Å². The van der Waals surface area contributed by atoms with Crippen LogP contribution in [0.15, 0.2) is 36.4 Å². The molecule has 22 heavy (non-hydrogen) atoms. The van der Waals surface area contributed by atoms with Crippen LogP contribution in [0.4, 0.5) is 10.7 Å². The van der Waals surface area contributed by atoms with Crippen LogP contribution in [0.25, 0.3) is 0 Å². The molecule has 0 amide bonds. The number of ether oxygens (including phenoxy) is 2. The average molecular weight is 319 g/mol. The van der Waals surface area contributed by atoms with E-state index in [4.69, 9.17) is 9.47 Å². The van der Waals surface area contributed by atoms with Crippen molar-refractivity contribution in [2.45, 2.75) is 13.8 Å². The molecule has 0 aliphatic heterocycles. The Balaban J connectivity index is 2.30. The van der Waals surface area contributed by atoms with E-state index in [1.165, 1.54) is 11.3 Å². The Hall–Kier alpha value is -2.34. The van der Waals surface area contributed by atoms with Crippen molar-refractivity contribution < 1.29 is 19.1 Å². The molecule has 1 heterocycles. The summed E-state index contributed by atoms with van der Waals surface area (Å²) in [6, 6.07) is 11.1. The maximum Gasteiger partial charge on any atom is 0.349 e. The molecule has 0 unspecified atom stereocenters. The van der Waals surface area contributed by atoms with E-state index in [-0.39, 0.29) is 23.7 Å². The number of hydrogen-bond acceptors (Lipinski definition) is 6. The molecule has 2 aromatic rings. The third-order valence-electron chi connectivity index (χ3n) is 2.73. The molecule has 1 aromatic heterocycles. The van der Waals surface area contributed by atoms with Crippen LogP contribution >= 0.6 is 11.3 Å². The van der Waals surface area contributed by atoms with Gasteiger partial charge in [0.05, 0.1) is 23.8 Å². The van der Waals surface area contributed by atoms with Crippen molar-refractivity contribution in [2.75, 3.05) is 18.5 Å². The highest BCUT2D eigenvalue weighted by atomic mass is 32.1. The molecule has 0 radical (unpaired) electrons. The zero-order chi connectivity index (χ0) is 15.9. The van der Waals surface area contributed by atoms with Gasteiger partial charge in [-0.1, -0.05) is 18.2 Å². The van der Waals surface area contributed by atoms with Crippen molar-refractivity contribution in [1.29, 1.82) is 0 Å². The van der Waals surface area contributed by atoms with Crippen LogP contribution in [0.5, 0.6) is 0 Å². The van der Waals surface area contributed by atoms with Gasteiger partial charge in [0.2, 0.25) is 0 Å². The van der Waals surface area contributed by atoms with Gasteiger partial charge in [0.15, 0.2) is 0 Å². The molecule has 0 saturated heterocycles. The maximum absolute atomic E-state index is 12.0. The Morgan fingerprint density at radius 3 is 2.32 bits per heavy atom. The van der Waals surface area contributed by atoms with Crippen LogP contribution in [0, 0.1) is 0 Å². The lowest BCUT2D eigenvalue weighted by atomic mass is 10.2. The Labute approximate surface area is 132 Å². The standard InChI is InChI=1S/C16H17NO4S/c1-3-20-15(18)12-10-13(17-11-8-6-5-7-9-11)22-14(12)16(19)21-4-2/h5-10,17H,3-4H2,1-2H3. The molecular formula is C16H17NO4S. The lowest BCUT2D eigenvalue weighted by Gasteiger charge is -2.02. The number of anilines is 2. The molecule has 1 N–H and O–H groups in total. The average Bonchev–Trinajstić information content (AvgIpc) is 2.93. The zero-order valence-electron chi connectivity index (χ0n) is 12.4. The highest BCUT2D eigenvalue weighted by Gasteiger charge is 2.23. The fraction of sp³-hybridized carbons (Fsp3) is 0.250. The number of esters is 2. The van der Waals surface area contributed by atoms with E-state index in [9.17, 15) is 9.59 Å². The normalized spacial score (nSPS) is 10.1. The minimum Gasteiger partial charge on any atom is -0.462 e. The Morgan fingerprint density at radius 1 is 1.05 bits per heavy atom. The summed E-state index contributed by atoms with van der Waals surface area (Å²) in [7, 11) is 0. The minimum absolute atomic E-state index is 0.226. The zero-order valence-corrected chi connectivity index (χ0v) is 13.2. The van der Waals surface area contributed by atoms with E-state index < -0.39 is 11.9 Å². The number of thiophene rings is 1. The van der Waals surface area contributed by atoms with Gasteiger partial charge in [-0.05, 0) is 32.0 Å². The number of hydrogen-bond donors (Lipinski definition) is 1. The largest absolute Gasteiger partial charge is 0.462 e. The lowest BCUT2D eigenvalue weighted by molar-refractivity contribution is 0.0484. The van der Waals surface area contributed by atoms with Gasteiger partial charge in [0.1, 0.15) is 4.88 Å². The van der Waals surface area contributed by atoms with Crippen molar-refractivity contribution >= 4 is 34.0 Å². The number of para-hydroxylation sites is 1. The van der Waals surface area contributed by atoms with Crippen LogP contribution in [0.1, 0.15) is 33.9 Å². The molecule has 1 aromatic carbocycles. The predicted molar refractivity (Wildman–Crippen MR) is 86.0 cm³/mol. The molecule has 0 bridgehead atoms. The summed E-state index contributed by atoms with van der Waals surface area (Å²) in [5.41, 5.74) is 1.10. The summed E-state index contributed by atoms with van der Waals surface area (Å²) < 4.78 is 9.99. The first-order valence-corrected chi connectivity index (χ1v) is 7.77. The van der Waals surface area contributed by atoms with Gasteiger partial charge >= 0.3 is 11.9 Å². The summed E-state index contributed by atoms with van der Waals surface area (Å²) in [6.45, 7) is 3.94. The Kier molecular flexibility index (Phi) is 5.55. The van der Waals surface area contributed by atoms with Crippen LogP contribution in [0.3, 0.4) is 0 Å². The van der Waals surface area contributed by atoms with E-state index >= 15 is 0 Å². The van der Waals surface area contributed by atoms with Crippen LogP contribution in [-0.4, -0.2) is 25.2 Å². The van der Waals surface area contributed by atoms with Crippen molar-refractivity contribution in [1.82, 2.24) is 0 Å². The molecule has 2 rings (SSSR count). The number of rotatable bonds is 6. The summed E-state index contributed by atoms with van der Waals surface area (Å²) in [5, 5.41) is 3.84. The van der Waals surface area contributed by atoms with Gasteiger partial charge in [-0.2, -0.15) is 0 Å². The Morgan fingerprint density at radius 2 is 1.68 bits per heavy atom. The molecular weight excluding hydrogens is 302 g/mol. The maximum atomic E-state index is 12.0. The first-order valence-electron chi connectivity index (χ1n) is 6.95. The third-order valence-corrected chi connectivity index (χ3v) is 3.76. The van der Waals surface area contributed by atoms with E-state index in [0.717, 1.165) is 5.69 Å². The monoisotopic (exact) mass is 319 g/mol. The first kappa shape index (κ1) is 16.0. The van der Waals surface area contributed by atoms with E-state index in [0.29, 0.717) is 5.00 Å². The smallest absolute Gasteiger partial charge is 0.349 e. The molecule has 0 atom stereocenters. The fourth-order valence-electron chi connectivity index (χ4n) is 1.83. The highest BCUT2D eigenvalue weighted by Crippen LogP contribution is 2.31. The summed E-state index contributed by atoms with van der Waals surface area (Å²) >= 11 is 1.17. The summed E-state index contributed by atoms with van der Waals surface area (Å²) in [5.74, 6) is -1.04. The van der Waals surface area contributed by atoms with Crippen LogP contribution in [-0.2, 0) is 9.47 Å². The number of nitrogens with one attached hydrogen (secondary N) is 1. The van der Waals surface area contributed by atoms with E-state index in [1.807, 2.05) is 30.3 Å². The van der Waals surface area contributed by atoms with E-state index in [1.54, 1.807) is 19.9 Å². The van der Waals surface area contributed by atoms with Crippen molar-refractivity contribution in [2.24, 2.45) is 0 Å². The topological polar surface area (TPSA) is 64.6 Å². The van der Waals surface area contributed by atoms with E-state index in [2.05, 4.69) is 5.32 Å². The van der Waals surface area contributed by atoms with Crippen LogP contribution < -0.4 is 5.32 Å². The first-order chi connectivity index (χ1) is 10.7. The van der Waals surface area contributed by atoms with Crippen molar-refractivity contribution in [3.05, 3.63) is 46.8 Å². The second-order valence-corrected chi connectivity index (χ2v) is 5.34.